The molecule has 1 atom stereocenters. The number of rotatable bonds is 3. The molecule has 17 heavy (non-hydrogen) atoms. The first-order valence-electron chi connectivity index (χ1n) is 6.45. The number of likely N-dealkylation sites (tertiary alicyclic amines) is 1. The van der Waals surface area contributed by atoms with E-state index in [9.17, 15) is 5.11 Å². The smallest absolute Gasteiger partial charge is 0.0960 e. The lowest BCUT2D eigenvalue weighted by Gasteiger charge is -2.33. The van der Waals surface area contributed by atoms with Gasteiger partial charge in [-0.3, -0.25) is 0 Å². The van der Waals surface area contributed by atoms with Crippen LogP contribution in [-0.4, -0.2) is 34.1 Å². The summed E-state index contributed by atoms with van der Waals surface area (Å²) in [4.78, 5) is 7.99. The lowest BCUT2D eigenvalue weighted by Crippen LogP contribution is -2.37. The van der Waals surface area contributed by atoms with Gasteiger partial charge in [0.25, 0.3) is 0 Å². The van der Waals surface area contributed by atoms with Gasteiger partial charge in [-0.25, -0.2) is 4.98 Å². The third-order valence-corrected chi connectivity index (χ3v) is 4.89. The molecule has 1 aliphatic rings. The van der Waals surface area contributed by atoms with Gasteiger partial charge >= 0.3 is 0 Å². The van der Waals surface area contributed by atoms with Crippen LogP contribution < -0.4 is 0 Å². The van der Waals surface area contributed by atoms with Gasteiger partial charge in [0.15, 0.2) is 0 Å². The summed E-state index contributed by atoms with van der Waals surface area (Å²) in [5, 5.41) is 10.7. The SMILES string of the molecule is CC(O)c1cnc(C2CCN(C(C)C)CC2)s1. The number of nitrogens with zero attached hydrogens (tertiary/aromatic N) is 2. The molecule has 0 spiro atoms. The normalized spacial score (nSPS) is 21.0. The van der Waals surface area contributed by atoms with Crippen LogP contribution >= 0.6 is 11.3 Å². The van der Waals surface area contributed by atoms with E-state index in [1.54, 1.807) is 18.3 Å². The minimum atomic E-state index is -0.378. The van der Waals surface area contributed by atoms with Crippen molar-refractivity contribution in [3.63, 3.8) is 0 Å². The molecule has 2 heterocycles. The summed E-state index contributed by atoms with van der Waals surface area (Å²) < 4.78 is 0. The van der Waals surface area contributed by atoms with Crippen LogP contribution in [0.2, 0.25) is 0 Å². The maximum Gasteiger partial charge on any atom is 0.0960 e. The number of aromatic nitrogens is 1. The van der Waals surface area contributed by atoms with E-state index in [1.165, 1.54) is 30.9 Å². The second kappa shape index (κ2) is 5.46. The Balaban J connectivity index is 1.96. The monoisotopic (exact) mass is 254 g/mol. The summed E-state index contributed by atoms with van der Waals surface area (Å²) in [6, 6.07) is 0.653. The molecule has 1 aromatic rings. The number of thiazole rings is 1. The average molecular weight is 254 g/mol. The number of aliphatic hydroxyl groups is 1. The Hall–Kier alpha value is -0.450. The van der Waals surface area contributed by atoms with E-state index in [-0.39, 0.29) is 6.10 Å². The molecule has 4 heteroatoms. The Kier molecular flexibility index (Phi) is 4.17. The standard InChI is InChI=1S/C13H22N2OS/c1-9(2)15-6-4-11(5-7-15)13-14-8-12(17-13)10(3)16/h8-11,16H,4-7H2,1-3H3. The van der Waals surface area contributed by atoms with Crippen molar-refractivity contribution in [2.45, 2.75) is 51.7 Å². The zero-order chi connectivity index (χ0) is 12.4. The van der Waals surface area contributed by atoms with E-state index in [2.05, 4.69) is 23.7 Å². The minimum Gasteiger partial charge on any atom is -0.388 e. The van der Waals surface area contributed by atoms with E-state index >= 15 is 0 Å². The Morgan fingerprint density at radius 3 is 2.47 bits per heavy atom. The Morgan fingerprint density at radius 1 is 1.35 bits per heavy atom. The maximum absolute atomic E-state index is 9.51. The van der Waals surface area contributed by atoms with Gasteiger partial charge in [0, 0.05) is 18.2 Å². The topological polar surface area (TPSA) is 36.4 Å². The lowest BCUT2D eigenvalue weighted by molar-refractivity contribution is 0.172. The summed E-state index contributed by atoms with van der Waals surface area (Å²) in [6.45, 7) is 8.67. The molecule has 0 aliphatic carbocycles. The van der Waals surface area contributed by atoms with E-state index in [1.807, 2.05) is 6.20 Å². The second-order valence-electron chi connectivity index (χ2n) is 5.18. The zero-order valence-electron chi connectivity index (χ0n) is 10.9. The van der Waals surface area contributed by atoms with Crippen molar-refractivity contribution in [1.82, 2.24) is 9.88 Å². The predicted octanol–water partition coefficient (Wildman–Crippen LogP) is 2.78. The van der Waals surface area contributed by atoms with Crippen LogP contribution in [0.1, 0.15) is 55.5 Å². The van der Waals surface area contributed by atoms with Crippen LogP contribution in [0.15, 0.2) is 6.20 Å². The Morgan fingerprint density at radius 2 is 2.00 bits per heavy atom. The highest BCUT2D eigenvalue weighted by Gasteiger charge is 2.24. The van der Waals surface area contributed by atoms with Gasteiger partial charge < -0.3 is 10.0 Å². The van der Waals surface area contributed by atoms with E-state index < -0.39 is 0 Å². The number of hydrogen-bond donors (Lipinski definition) is 1. The predicted molar refractivity (Wildman–Crippen MR) is 71.4 cm³/mol. The summed E-state index contributed by atoms with van der Waals surface area (Å²) in [7, 11) is 0. The molecule has 1 saturated heterocycles. The molecule has 3 nitrogen and oxygen atoms in total. The van der Waals surface area contributed by atoms with E-state index in [4.69, 9.17) is 0 Å². The molecule has 1 aliphatic heterocycles. The van der Waals surface area contributed by atoms with Gasteiger partial charge in [0.1, 0.15) is 0 Å². The quantitative estimate of drug-likeness (QED) is 0.901. The van der Waals surface area contributed by atoms with E-state index in [0.29, 0.717) is 12.0 Å². The molecular formula is C13H22N2OS. The molecule has 0 aromatic carbocycles. The summed E-state index contributed by atoms with van der Waals surface area (Å²) in [5.74, 6) is 0.600. The number of piperidine rings is 1. The van der Waals surface area contributed by atoms with Gasteiger partial charge in [0.05, 0.1) is 16.0 Å². The summed E-state index contributed by atoms with van der Waals surface area (Å²) >= 11 is 1.68. The molecule has 1 fully saturated rings. The van der Waals surface area contributed by atoms with E-state index in [0.717, 1.165) is 4.88 Å². The maximum atomic E-state index is 9.51. The zero-order valence-corrected chi connectivity index (χ0v) is 11.7. The Labute approximate surface area is 107 Å². The van der Waals surface area contributed by atoms with Crippen LogP contribution in [0.4, 0.5) is 0 Å². The summed E-state index contributed by atoms with van der Waals surface area (Å²) in [6.07, 6.45) is 3.85. The molecule has 1 unspecified atom stereocenters. The Bertz CT molecular complexity index is 354. The largest absolute Gasteiger partial charge is 0.388 e. The van der Waals surface area contributed by atoms with Crippen LogP contribution in [0.5, 0.6) is 0 Å². The third-order valence-electron chi connectivity index (χ3n) is 3.56. The molecule has 1 N–H and O–H groups in total. The molecule has 0 bridgehead atoms. The van der Waals surface area contributed by atoms with Crippen molar-refractivity contribution in [1.29, 1.82) is 0 Å². The minimum absolute atomic E-state index is 0.378. The van der Waals surface area contributed by atoms with Crippen molar-refractivity contribution in [2.24, 2.45) is 0 Å². The fourth-order valence-electron chi connectivity index (χ4n) is 2.35. The third kappa shape index (κ3) is 3.06. The molecule has 1 aromatic heterocycles. The van der Waals surface area contributed by atoms with Crippen LogP contribution in [0, 0.1) is 0 Å². The molecule has 0 radical (unpaired) electrons. The van der Waals surface area contributed by atoms with Crippen molar-refractivity contribution in [3.8, 4) is 0 Å². The van der Waals surface area contributed by atoms with Gasteiger partial charge in [0.2, 0.25) is 0 Å². The molecule has 0 saturated carbocycles. The van der Waals surface area contributed by atoms with Crippen molar-refractivity contribution >= 4 is 11.3 Å². The van der Waals surface area contributed by atoms with Crippen LogP contribution in [-0.2, 0) is 0 Å². The van der Waals surface area contributed by atoms with Gasteiger partial charge in [-0.15, -0.1) is 11.3 Å². The number of aliphatic hydroxyl groups excluding tert-OH is 1. The fraction of sp³-hybridized carbons (Fsp3) is 0.769. The highest BCUT2D eigenvalue weighted by molar-refractivity contribution is 7.11. The van der Waals surface area contributed by atoms with Crippen LogP contribution in [0.25, 0.3) is 0 Å². The average Bonchev–Trinajstić information content (AvgIpc) is 2.78. The first kappa shape index (κ1) is 13.0. The van der Waals surface area contributed by atoms with Gasteiger partial charge in [-0.1, -0.05) is 0 Å². The van der Waals surface area contributed by atoms with Gasteiger partial charge in [-0.05, 0) is 46.7 Å². The van der Waals surface area contributed by atoms with Crippen molar-refractivity contribution in [2.75, 3.05) is 13.1 Å². The molecular weight excluding hydrogens is 232 g/mol. The second-order valence-corrected chi connectivity index (χ2v) is 6.27. The molecule has 96 valence electrons. The highest BCUT2D eigenvalue weighted by Crippen LogP contribution is 2.33. The highest BCUT2D eigenvalue weighted by atomic mass is 32.1. The molecule has 0 amide bonds. The lowest BCUT2D eigenvalue weighted by atomic mass is 9.97. The first-order chi connectivity index (χ1) is 8.08. The van der Waals surface area contributed by atoms with Crippen molar-refractivity contribution in [3.05, 3.63) is 16.1 Å². The van der Waals surface area contributed by atoms with Crippen molar-refractivity contribution < 1.29 is 5.11 Å². The van der Waals surface area contributed by atoms with Crippen LogP contribution in [0.3, 0.4) is 0 Å². The first-order valence-corrected chi connectivity index (χ1v) is 7.27. The number of hydrogen-bond acceptors (Lipinski definition) is 4. The fourth-order valence-corrected chi connectivity index (χ4v) is 3.37. The molecule has 2 rings (SSSR count). The van der Waals surface area contributed by atoms with Gasteiger partial charge in [-0.2, -0.15) is 0 Å². The summed E-state index contributed by atoms with van der Waals surface area (Å²) in [5.41, 5.74) is 0.